The Morgan fingerprint density at radius 2 is 2.00 bits per heavy atom. The van der Waals surface area contributed by atoms with Crippen LogP contribution in [0.4, 0.5) is 0 Å². The highest BCUT2D eigenvalue weighted by atomic mass is 32.2. The molecule has 0 saturated carbocycles. The zero-order chi connectivity index (χ0) is 8.20. The van der Waals surface area contributed by atoms with E-state index in [0.29, 0.717) is 6.42 Å². The molecule has 0 bridgehead atoms. The molecule has 0 saturated heterocycles. The molecule has 0 aromatic carbocycles. The normalized spacial score (nSPS) is 11.0. The number of carbonyl (C=O) groups is 1. The lowest BCUT2D eigenvalue weighted by Gasteiger charge is -1.99. The Morgan fingerprint density at radius 3 is 2.30 bits per heavy atom. The molecule has 0 N–H and O–H groups in total. The summed E-state index contributed by atoms with van der Waals surface area (Å²) in [5, 5.41) is 0. The number of hydrogen-bond donors (Lipinski definition) is 0. The monoisotopic (exact) mass is 166 g/mol. The SMILES string of the molecule is CCCS(=O)(=O)OC(C)=O. The van der Waals surface area contributed by atoms with Gasteiger partial charge in [0.25, 0.3) is 0 Å². The number of rotatable bonds is 3. The van der Waals surface area contributed by atoms with Crippen LogP contribution in [0.15, 0.2) is 0 Å². The summed E-state index contributed by atoms with van der Waals surface area (Å²) in [6.07, 6.45) is 0.454. The van der Waals surface area contributed by atoms with Crippen molar-refractivity contribution in [2.45, 2.75) is 20.3 Å². The molecule has 0 atom stereocenters. The van der Waals surface area contributed by atoms with Crippen molar-refractivity contribution in [2.75, 3.05) is 5.75 Å². The van der Waals surface area contributed by atoms with Gasteiger partial charge in [0.15, 0.2) is 0 Å². The van der Waals surface area contributed by atoms with Crippen LogP contribution < -0.4 is 0 Å². The third kappa shape index (κ3) is 4.31. The lowest BCUT2D eigenvalue weighted by Crippen LogP contribution is -2.12. The van der Waals surface area contributed by atoms with Crippen molar-refractivity contribution in [2.24, 2.45) is 0 Å². The van der Waals surface area contributed by atoms with Crippen LogP contribution >= 0.6 is 0 Å². The van der Waals surface area contributed by atoms with E-state index in [1.54, 1.807) is 6.92 Å². The molecule has 4 nitrogen and oxygen atoms in total. The molecule has 0 aliphatic heterocycles. The summed E-state index contributed by atoms with van der Waals surface area (Å²) in [6, 6.07) is 0. The van der Waals surface area contributed by atoms with Crippen LogP contribution in [-0.4, -0.2) is 20.1 Å². The Kier molecular flexibility index (Phi) is 3.35. The number of carbonyl (C=O) groups excluding carboxylic acids is 1. The van der Waals surface area contributed by atoms with E-state index in [1.165, 1.54) is 0 Å². The van der Waals surface area contributed by atoms with Gasteiger partial charge >= 0.3 is 16.1 Å². The molecule has 0 aliphatic rings. The van der Waals surface area contributed by atoms with Gasteiger partial charge in [0, 0.05) is 6.92 Å². The van der Waals surface area contributed by atoms with Crippen molar-refractivity contribution in [1.29, 1.82) is 0 Å². The van der Waals surface area contributed by atoms with Crippen LogP contribution in [0.3, 0.4) is 0 Å². The minimum atomic E-state index is -3.58. The fourth-order valence-corrected chi connectivity index (χ4v) is 1.41. The van der Waals surface area contributed by atoms with E-state index < -0.39 is 16.1 Å². The standard InChI is InChI=1S/C5H10O4S/c1-3-4-10(7,8)9-5(2)6/h3-4H2,1-2H3. The van der Waals surface area contributed by atoms with Gasteiger partial charge in [0.1, 0.15) is 0 Å². The van der Waals surface area contributed by atoms with Gasteiger partial charge in [-0.1, -0.05) is 6.92 Å². The first-order valence-corrected chi connectivity index (χ1v) is 4.48. The summed E-state index contributed by atoms with van der Waals surface area (Å²) in [6.45, 7) is 2.76. The second kappa shape index (κ2) is 3.55. The Morgan fingerprint density at radius 1 is 1.50 bits per heavy atom. The van der Waals surface area contributed by atoms with Gasteiger partial charge in [-0.3, -0.25) is 4.79 Å². The van der Waals surface area contributed by atoms with Crippen molar-refractivity contribution in [3.8, 4) is 0 Å². The van der Waals surface area contributed by atoms with E-state index in [-0.39, 0.29) is 5.75 Å². The molecule has 10 heavy (non-hydrogen) atoms. The molecular formula is C5H10O4S. The van der Waals surface area contributed by atoms with Crippen molar-refractivity contribution in [3.05, 3.63) is 0 Å². The van der Waals surface area contributed by atoms with E-state index in [1.807, 2.05) is 0 Å². The van der Waals surface area contributed by atoms with Crippen molar-refractivity contribution >= 4 is 16.1 Å². The van der Waals surface area contributed by atoms with Crippen molar-refractivity contribution in [3.63, 3.8) is 0 Å². The zero-order valence-corrected chi connectivity index (χ0v) is 6.77. The quantitative estimate of drug-likeness (QED) is 0.565. The summed E-state index contributed by atoms with van der Waals surface area (Å²) in [7, 11) is -3.58. The van der Waals surface area contributed by atoms with Crippen molar-refractivity contribution < 1.29 is 17.4 Å². The van der Waals surface area contributed by atoms with Gasteiger partial charge in [-0.15, -0.1) is 0 Å². The minimum Gasteiger partial charge on any atom is -0.346 e. The Hall–Kier alpha value is -0.580. The first kappa shape index (κ1) is 9.42. The summed E-state index contributed by atoms with van der Waals surface area (Å²) in [4.78, 5) is 10.1. The third-order valence-electron chi connectivity index (χ3n) is 0.698. The molecule has 60 valence electrons. The van der Waals surface area contributed by atoms with E-state index >= 15 is 0 Å². The highest BCUT2D eigenvalue weighted by Crippen LogP contribution is 1.95. The predicted molar refractivity (Wildman–Crippen MR) is 35.8 cm³/mol. The molecular weight excluding hydrogens is 156 g/mol. The molecule has 0 rings (SSSR count). The van der Waals surface area contributed by atoms with Gasteiger partial charge < -0.3 is 4.18 Å². The highest BCUT2D eigenvalue weighted by Gasteiger charge is 2.11. The molecule has 0 amide bonds. The summed E-state index contributed by atoms with van der Waals surface area (Å²) < 4.78 is 25.2. The van der Waals surface area contributed by atoms with Gasteiger partial charge in [-0.2, -0.15) is 8.42 Å². The van der Waals surface area contributed by atoms with Gasteiger partial charge in [0.05, 0.1) is 5.75 Å². The van der Waals surface area contributed by atoms with Crippen LogP contribution in [0.25, 0.3) is 0 Å². The highest BCUT2D eigenvalue weighted by molar-refractivity contribution is 7.87. The maximum absolute atomic E-state index is 10.6. The van der Waals surface area contributed by atoms with Gasteiger partial charge in [-0.05, 0) is 6.42 Å². The molecule has 0 unspecified atom stereocenters. The second-order valence-electron chi connectivity index (χ2n) is 1.84. The lowest BCUT2D eigenvalue weighted by molar-refractivity contribution is -0.131. The molecule has 0 fully saturated rings. The van der Waals surface area contributed by atoms with Crippen LogP contribution in [-0.2, 0) is 19.1 Å². The Bertz CT molecular complexity index is 204. The fourth-order valence-electron chi connectivity index (χ4n) is 0.470. The first-order valence-electron chi connectivity index (χ1n) is 2.90. The van der Waals surface area contributed by atoms with E-state index in [4.69, 9.17) is 0 Å². The average Bonchev–Trinajstić information content (AvgIpc) is 1.59. The smallest absolute Gasteiger partial charge is 0.319 e. The Balaban J connectivity index is 4.02. The third-order valence-corrected chi connectivity index (χ3v) is 2.10. The van der Waals surface area contributed by atoms with Crippen LogP contribution in [0, 0.1) is 0 Å². The number of hydrogen-bond acceptors (Lipinski definition) is 4. The van der Waals surface area contributed by atoms with Crippen LogP contribution in [0.2, 0.25) is 0 Å². The van der Waals surface area contributed by atoms with Gasteiger partial charge in [-0.25, -0.2) is 0 Å². The van der Waals surface area contributed by atoms with E-state index in [9.17, 15) is 13.2 Å². The molecule has 0 radical (unpaired) electrons. The van der Waals surface area contributed by atoms with Crippen LogP contribution in [0.5, 0.6) is 0 Å². The maximum Gasteiger partial charge on any atom is 0.319 e. The predicted octanol–water partition coefficient (Wildman–Crippen LogP) is 0.289. The fraction of sp³-hybridized carbons (Fsp3) is 0.800. The van der Waals surface area contributed by atoms with E-state index in [0.717, 1.165) is 6.92 Å². The van der Waals surface area contributed by atoms with Gasteiger partial charge in [0.2, 0.25) is 0 Å². The molecule has 0 heterocycles. The molecule has 0 aliphatic carbocycles. The molecule has 5 heteroatoms. The summed E-state index contributed by atoms with van der Waals surface area (Å²) in [5.74, 6) is -0.888. The molecule has 0 aromatic heterocycles. The Labute approximate surface area is 60.3 Å². The van der Waals surface area contributed by atoms with Crippen molar-refractivity contribution in [1.82, 2.24) is 0 Å². The zero-order valence-electron chi connectivity index (χ0n) is 5.96. The van der Waals surface area contributed by atoms with E-state index in [2.05, 4.69) is 4.18 Å². The topological polar surface area (TPSA) is 60.4 Å². The molecule has 0 aromatic rings. The second-order valence-corrected chi connectivity index (χ2v) is 3.53. The van der Waals surface area contributed by atoms with Crippen LogP contribution in [0.1, 0.15) is 20.3 Å². The first-order chi connectivity index (χ1) is 4.48. The minimum absolute atomic E-state index is 0.105. The maximum atomic E-state index is 10.6. The summed E-state index contributed by atoms with van der Waals surface area (Å²) in [5.41, 5.74) is 0. The lowest BCUT2D eigenvalue weighted by atomic mass is 10.6. The average molecular weight is 166 g/mol. The molecule has 0 spiro atoms. The largest absolute Gasteiger partial charge is 0.346 e. The summed E-state index contributed by atoms with van der Waals surface area (Å²) >= 11 is 0.